The highest BCUT2D eigenvalue weighted by molar-refractivity contribution is 8.00. The van der Waals surface area contributed by atoms with Crippen molar-refractivity contribution in [2.24, 2.45) is 0 Å². The van der Waals surface area contributed by atoms with Crippen molar-refractivity contribution >= 4 is 17.7 Å². The molecule has 3 N–H and O–H groups in total. The van der Waals surface area contributed by atoms with Crippen molar-refractivity contribution in [2.75, 3.05) is 12.4 Å². The standard InChI is InChI=1S/C19H20FN5OS/c1-13(18(26)22-12-11-14-5-3-2-4-6-14)27-19-24-23-17(25(19)21)15-7-9-16(20)10-8-15/h2-10,13H,11-12,21H2,1H3,(H,22,26). The predicted octanol–water partition coefficient (Wildman–Crippen LogP) is 2.64. The quantitative estimate of drug-likeness (QED) is 0.482. The second kappa shape index (κ2) is 8.68. The van der Waals surface area contributed by atoms with Gasteiger partial charge < -0.3 is 11.2 Å². The van der Waals surface area contributed by atoms with E-state index in [1.165, 1.54) is 34.1 Å². The van der Waals surface area contributed by atoms with Crippen molar-refractivity contribution in [3.63, 3.8) is 0 Å². The average molecular weight is 385 g/mol. The number of nitrogens with one attached hydrogen (secondary N) is 1. The van der Waals surface area contributed by atoms with Gasteiger partial charge in [0.05, 0.1) is 5.25 Å². The first-order chi connectivity index (χ1) is 13.0. The first-order valence-corrected chi connectivity index (χ1v) is 9.37. The number of nitrogens with two attached hydrogens (primary N) is 1. The Labute approximate surface area is 161 Å². The molecule has 0 radical (unpaired) electrons. The second-order valence-electron chi connectivity index (χ2n) is 5.97. The fraction of sp³-hybridized carbons (Fsp3) is 0.211. The van der Waals surface area contributed by atoms with Crippen molar-refractivity contribution in [3.05, 3.63) is 66.0 Å². The van der Waals surface area contributed by atoms with Gasteiger partial charge >= 0.3 is 0 Å². The zero-order valence-corrected chi connectivity index (χ0v) is 15.6. The lowest BCUT2D eigenvalue weighted by Gasteiger charge is -2.11. The number of benzene rings is 2. The number of hydrogen-bond acceptors (Lipinski definition) is 5. The van der Waals surface area contributed by atoms with Crippen LogP contribution in [0, 0.1) is 5.82 Å². The van der Waals surface area contributed by atoms with E-state index in [0.717, 1.165) is 6.42 Å². The zero-order valence-electron chi connectivity index (χ0n) is 14.8. The van der Waals surface area contributed by atoms with Crippen LogP contribution in [-0.4, -0.2) is 32.6 Å². The van der Waals surface area contributed by atoms with E-state index in [9.17, 15) is 9.18 Å². The molecule has 0 aliphatic rings. The molecule has 27 heavy (non-hydrogen) atoms. The van der Waals surface area contributed by atoms with Gasteiger partial charge in [-0.15, -0.1) is 10.2 Å². The van der Waals surface area contributed by atoms with Gasteiger partial charge in [0.15, 0.2) is 5.82 Å². The van der Waals surface area contributed by atoms with Crippen LogP contribution in [0.15, 0.2) is 59.8 Å². The predicted molar refractivity (Wildman–Crippen MR) is 104 cm³/mol. The lowest BCUT2D eigenvalue weighted by Crippen LogP contribution is -2.32. The minimum absolute atomic E-state index is 0.0951. The minimum atomic E-state index is -0.381. The number of halogens is 1. The van der Waals surface area contributed by atoms with Crippen LogP contribution in [0.4, 0.5) is 4.39 Å². The normalized spacial score (nSPS) is 11.9. The van der Waals surface area contributed by atoms with Gasteiger partial charge in [0.25, 0.3) is 0 Å². The molecule has 0 fully saturated rings. The molecule has 0 aliphatic carbocycles. The fourth-order valence-electron chi connectivity index (χ4n) is 2.48. The summed E-state index contributed by atoms with van der Waals surface area (Å²) in [5, 5.41) is 11.0. The molecule has 0 saturated heterocycles. The number of amides is 1. The Kier molecular flexibility index (Phi) is 6.08. The summed E-state index contributed by atoms with van der Waals surface area (Å²) in [5.74, 6) is 6.02. The maximum atomic E-state index is 13.1. The molecule has 2 aromatic carbocycles. The summed E-state index contributed by atoms with van der Waals surface area (Å²) < 4.78 is 14.4. The highest BCUT2D eigenvalue weighted by Crippen LogP contribution is 2.24. The Morgan fingerprint density at radius 2 is 1.89 bits per heavy atom. The number of hydrogen-bond donors (Lipinski definition) is 2. The molecule has 8 heteroatoms. The fourth-order valence-corrected chi connectivity index (χ4v) is 3.28. The number of thioether (sulfide) groups is 1. The van der Waals surface area contributed by atoms with E-state index in [-0.39, 0.29) is 17.0 Å². The van der Waals surface area contributed by atoms with Gasteiger partial charge in [-0.25, -0.2) is 9.07 Å². The Morgan fingerprint density at radius 3 is 2.59 bits per heavy atom. The van der Waals surface area contributed by atoms with Crippen molar-refractivity contribution in [1.82, 2.24) is 20.2 Å². The van der Waals surface area contributed by atoms with Crippen molar-refractivity contribution < 1.29 is 9.18 Å². The molecule has 0 aliphatic heterocycles. The third-order valence-corrected chi connectivity index (χ3v) is 5.03. The summed E-state index contributed by atoms with van der Waals surface area (Å²) in [4.78, 5) is 12.3. The van der Waals surface area contributed by atoms with Gasteiger partial charge in [-0.3, -0.25) is 4.79 Å². The van der Waals surface area contributed by atoms with Gasteiger partial charge in [-0.05, 0) is 43.2 Å². The molecule has 1 unspecified atom stereocenters. The van der Waals surface area contributed by atoms with E-state index in [4.69, 9.17) is 5.84 Å². The SMILES string of the molecule is CC(Sc1nnc(-c2ccc(F)cc2)n1N)C(=O)NCCc1ccccc1. The zero-order chi connectivity index (χ0) is 19.2. The van der Waals surface area contributed by atoms with Crippen LogP contribution in [-0.2, 0) is 11.2 Å². The van der Waals surface area contributed by atoms with Gasteiger partial charge in [0.2, 0.25) is 11.1 Å². The molecular formula is C19H20FN5OS. The molecule has 0 bridgehead atoms. The molecule has 1 aromatic heterocycles. The van der Waals surface area contributed by atoms with Gasteiger partial charge in [0, 0.05) is 12.1 Å². The largest absolute Gasteiger partial charge is 0.355 e. The average Bonchev–Trinajstić information content (AvgIpc) is 3.03. The van der Waals surface area contributed by atoms with E-state index >= 15 is 0 Å². The number of nitrogens with zero attached hydrogens (tertiary/aromatic N) is 3. The maximum absolute atomic E-state index is 13.1. The molecule has 6 nitrogen and oxygen atoms in total. The van der Waals surface area contributed by atoms with E-state index < -0.39 is 0 Å². The Bertz CT molecular complexity index is 898. The topological polar surface area (TPSA) is 85.8 Å². The highest BCUT2D eigenvalue weighted by atomic mass is 32.2. The smallest absolute Gasteiger partial charge is 0.233 e. The van der Waals surface area contributed by atoms with Crippen LogP contribution in [0.25, 0.3) is 11.4 Å². The number of carbonyl (C=O) groups is 1. The maximum Gasteiger partial charge on any atom is 0.233 e. The number of carbonyl (C=O) groups excluding carboxylic acids is 1. The summed E-state index contributed by atoms with van der Waals surface area (Å²) in [6.45, 7) is 2.35. The Morgan fingerprint density at radius 1 is 1.19 bits per heavy atom. The lowest BCUT2D eigenvalue weighted by molar-refractivity contribution is -0.120. The highest BCUT2D eigenvalue weighted by Gasteiger charge is 2.19. The van der Waals surface area contributed by atoms with Crippen LogP contribution >= 0.6 is 11.8 Å². The summed E-state index contributed by atoms with van der Waals surface area (Å²) in [5.41, 5.74) is 1.82. The third kappa shape index (κ3) is 4.85. The first kappa shape index (κ1) is 18.9. The van der Waals surface area contributed by atoms with Gasteiger partial charge in [-0.2, -0.15) is 0 Å². The molecule has 3 aromatic rings. The third-order valence-electron chi connectivity index (χ3n) is 3.97. The molecule has 3 rings (SSSR count). The van der Waals surface area contributed by atoms with Crippen LogP contribution in [0.1, 0.15) is 12.5 Å². The van der Waals surface area contributed by atoms with Gasteiger partial charge in [-0.1, -0.05) is 42.1 Å². The summed E-state index contributed by atoms with van der Waals surface area (Å²) >= 11 is 1.22. The molecule has 0 saturated carbocycles. The van der Waals surface area contributed by atoms with Crippen LogP contribution in [0.5, 0.6) is 0 Å². The molecular weight excluding hydrogens is 365 g/mol. The van der Waals surface area contributed by atoms with E-state index in [1.54, 1.807) is 19.1 Å². The van der Waals surface area contributed by atoms with Crippen LogP contribution in [0.3, 0.4) is 0 Å². The van der Waals surface area contributed by atoms with Crippen molar-refractivity contribution in [3.8, 4) is 11.4 Å². The monoisotopic (exact) mass is 385 g/mol. The summed E-state index contributed by atoms with van der Waals surface area (Å²) in [7, 11) is 0. The molecule has 140 valence electrons. The Balaban J connectivity index is 1.56. The molecule has 1 heterocycles. The molecule has 1 atom stereocenters. The van der Waals surface area contributed by atoms with Crippen molar-refractivity contribution in [2.45, 2.75) is 23.8 Å². The molecule has 1 amide bonds. The van der Waals surface area contributed by atoms with Gasteiger partial charge in [0.1, 0.15) is 5.82 Å². The number of rotatable bonds is 7. The van der Waals surface area contributed by atoms with Crippen LogP contribution < -0.4 is 11.2 Å². The Hall–Kier alpha value is -2.87. The number of aromatic nitrogens is 3. The summed E-state index contributed by atoms with van der Waals surface area (Å²) in [6.07, 6.45) is 0.770. The van der Waals surface area contributed by atoms with Crippen molar-refractivity contribution in [1.29, 1.82) is 0 Å². The van der Waals surface area contributed by atoms with E-state index in [0.29, 0.717) is 23.1 Å². The van der Waals surface area contributed by atoms with Crippen LogP contribution in [0.2, 0.25) is 0 Å². The lowest BCUT2D eigenvalue weighted by atomic mass is 10.1. The van der Waals surface area contributed by atoms with E-state index in [1.807, 2.05) is 30.3 Å². The molecule has 0 spiro atoms. The van der Waals surface area contributed by atoms with E-state index in [2.05, 4.69) is 15.5 Å². The summed E-state index contributed by atoms with van der Waals surface area (Å²) in [6, 6.07) is 15.8. The first-order valence-electron chi connectivity index (χ1n) is 8.49. The number of nitrogen functional groups attached to an aromatic ring is 1. The minimum Gasteiger partial charge on any atom is -0.355 e. The second-order valence-corrected chi connectivity index (χ2v) is 7.28.